The first-order chi connectivity index (χ1) is 6.60. The maximum atomic E-state index is 12.4. The highest BCUT2D eigenvalue weighted by Crippen LogP contribution is 2.23. The summed E-state index contributed by atoms with van der Waals surface area (Å²) < 4.78 is 24.7. The molecule has 0 atom stereocenters. The summed E-state index contributed by atoms with van der Waals surface area (Å²) in [6.07, 6.45) is -2.28. The van der Waals surface area contributed by atoms with Gasteiger partial charge in [0.1, 0.15) is 11.5 Å². The van der Waals surface area contributed by atoms with Crippen molar-refractivity contribution in [2.24, 2.45) is 5.73 Å². The molecule has 0 unspecified atom stereocenters. The van der Waals surface area contributed by atoms with E-state index in [1.54, 1.807) is 0 Å². The van der Waals surface area contributed by atoms with Gasteiger partial charge in [0.2, 0.25) is 0 Å². The van der Waals surface area contributed by atoms with E-state index in [0.29, 0.717) is 6.29 Å². The number of hydrogen-bond donors (Lipinski definition) is 2. The molecule has 1 heterocycles. The van der Waals surface area contributed by atoms with Crippen LogP contribution in [0.1, 0.15) is 28.0 Å². The Hall–Kier alpha value is -1.56. The van der Waals surface area contributed by atoms with E-state index in [1.807, 2.05) is 0 Å². The van der Waals surface area contributed by atoms with Gasteiger partial charge in [-0.3, -0.25) is 4.79 Å². The van der Waals surface area contributed by atoms with Crippen LogP contribution >= 0.6 is 0 Å². The lowest BCUT2D eigenvalue weighted by Gasteiger charge is -2.08. The Morgan fingerprint density at radius 3 is 2.64 bits per heavy atom. The highest BCUT2D eigenvalue weighted by Gasteiger charge is 2.16. The predicted octanol–water partition coefficient (Wildman–Crippen LogP) is 0.873. The molecule has 0 bridgehead atoms. The number of rotatable bonds is 3. The van der Waals surface area contributed by atoms with Crippen LogP contribution in [0.2, 0.25) is 0 Å². The molecular weight excluding hydrogens is 192 g/mol. The normalized spacial score (nSPS) is 10.6. The van der Waals surface area contributed by atoms with Crippen LogP contribution in [0.15, 0.2) is 6.07 Å². The number of nitrogens with zero attached hydrogens (tertiary/aromatic N) is 1. The Labute approximate surface area is 78.9 Å². The molecule has 0 aromatic carbocycles. The van der Waals surface area contributed by atoms with Gasteiger partial charge in [-0.05, 0) is 11.6 Å². The standard InChI is InChI=1S/C8H9F2N3O/c9-7(10)6-4(2-11)1-5(3-14)8(12)13-6/h1,3,7H,2,11H2,(H2,12,13). The fourth-order valence-electron chi connectivity index (χ4n) is 1.05. The number of carbonyl (C=O) groups excluding carboxylic acids is 1. The summed E-state index contributed by atoms with van der Waals surface area (Å²) in [5.41, 5.74) is 10.3. The van der Waals surface area contributed by atoms with Gasteiger partial charge in [-0.1, -0.05) is 0 Å². The molecule has 4 N–H and O–H groups in total. The summed E-state index contributed by atoms with van der Waals surface area (Å²) in [6.45, 7) is -0.103. The highest BCUT2D eigenvalue weighted by molar-refractivity contribution is 5.82. The monoisotopic (exact) mass is 201 g/mol. The van der Waals surface area contributed by atoms with Crippen LogP contribution in [0, 0.1) is 0 Å². The Morgan fingerprint density at radius 2 is 2.21 bits per heavy atom. The summed E-state index contributed by atoms with van der Waals surface area (Å²) in [7, 11) is 0. The van der Waals surface area contributed by atoms with Crippen molar-refractivity contribution in [3.63, 3.8) is 0 Å². The molecule has 0 saturated heterocycles. The molecule has 0 radical (unpaired) electrons. The third kappa shape index (κ3) is 1.85. The van der Waals surface area contributed by atoms with Gasteiger partial charge in [0.05, 0.1) is 5.56 Å². The van der Waals surface area contributed by atoms with Crippen molar-refractivity contribution in [3.8, 4) is 0 Å². The lowest BCUT2D eigenvalue weighted by Crippen LogP contribution is -2.09. The van der Waals surface area contributed by atoms with Gasteiger partial charge in [0.15, 0.2) is 6.29 Å². The molecule has 76 valence electrons. The van der Waals surface area contributed by atoms with E-state index in [1.165, 1.54) is 6.07 Å². The maximum absolute atomic E-state index is 12.4. The second-order valence-electron chi connectivity index (χ2n) is 2.63. The number of aromatic nitrogens is 1. The average Bonchev–Trinajstić information content (AvgIpc) is 2.17. The summed E-state index contributed by atoms with van der Waals surface area (Å²) in [4.78, 5) is 13.9. The largest absolute Gasteiger partial charge is 0.383 e. The van der Waals surface area contributed by atoms with Crippen LogP contribution in [-0.2, 0) is 6.54 Å². The van der Waals surface area contributed by atoms with Crippen molar-refractivity contribution in [2.75, 3.05) is 5.73 Å². The topological polar surface area (TPSA) is 82.0 Å². The zero-order valence-corrected chi connectivity index (χ0v) is 7.21. The lowest BCUT2D eigenvalue weighted by molar-refractivity contribution is 0.112. The minimum Gasteiger partial charge on any atom is -0.383 e. The molecular formula is C8H9F2N3O. The molecule has 0 amide bonds. The van der Waals surface area contributed by atoms with Crippen LogP contribution in [0.25, 0.3) is 0 Å². The third-order valence-electron chi connectivity index (χ3n) is 1.75. The second kappa shape index (κ2) is 4.10. The molecule has 14 heavy (non-hydrogen) atoms. The minimum absolute atomic E-state index is 0.0786. The zero-order chi connectivity index (χ0) is 10.7. The third-order valence-corrected chi connectivity index (χ3v) is 1.75. The van der Waals surface area contributed by atoms with Gasteiger partial charge in [-0.2, -0.15) is 0 Å². The maximum Gasteiger partial charge on any atom is 0.280 e. The fourth-order valence-corrected chi connectivity index (χ4v) is 1.05. The molecule has 0 aliphatic rings. The van der Waals surface area contributed by atoms with Crippen LogP contribution in [-0.4, -0.2) is 11.3 Å². The Morgan fingerprint density at radius 1 is 1.57 bits per heavy atom. The van der Waals surface area contributed by atoms with E-state index in [-0.39, 0.29) is 23.5 Å². The van der Waals surface area contributed by atoms with Gasteiger partial charge in [-0.25, -0.2) is 13.8 Å². The molecule has 1 aromatic rings. The molecule has 0 spiro atoms. The average molecular weight is 201 g/mol. The molecule has 0 aliphatic carbocycles. The molecule has 1 aromatic heterocycles. The number of nitrogens with two attached hydrogens (primary N) is 2. The van der Waals surface area contributed by atoms with E-state index in [4.69, 9.17) is 11.5 Å². The van der Waals surface area contributed by atoms with E-state index in [9.17, 15) is 13.6 Å². The first-order valence-corrected chi connectivity index (χ1v) is 3.82. The van der Waals surface area contributed by atoms with Crippen molar-refractivity contribution in [1.29, 1.82) is 0 Å². The molecule has 0 saturated carbocycles. The molecule has 1 rings (SSSR count). The number of aldehydes is 1. The second-order valence-corrected chi connectivity index (χ2v) is 2.63. The van der Waals surface area contributed by atoms with Crippen molar-refractivity contribution in [3.05, 3.63) is 22.9 Å². The molecule has 0 aliphatic heterocycles. The van der Waals surface area contributed by atoms with E-state index in [2.05, 4.69) is 4.98 Å². The van der Waals surface area contributed by atoms with Crippen LogP contribution in [0.3, 0.4) is 0 Å². The number of pyridine rings is 1. The summed E-state index contributed by atoms with van der Waals surface area (Å²) in [5.74, 6) is -0.201. The van der Waals surface area contributed by atoms with Crippen molar-refractivity contribution < 1.29 is 13.6 Å². The van der Waals surface area contributed by atoms with Crippen LogP contribution in [0.4, 0.5) is 14.6 Å². The van der Waals surface area contributed by atoms with Crippen molar-refractivity contribution in [1.82, 2.24) is 4.98 Å². The van der Waals surface area contributed by atoms with Gasteiger partial charge < -0.3 is 11.5 Å². The Bertz CT molecular complexity index is 355. The first kappa shape index (κ1) is 10.5. The highest BCUT2D eigenvalue weighted by atomic mass is 19.3. The number of alkyl halides is 2. The number of nitrogen functional groups attached to an aromatic ring is 1. The van der Waals surface area contributed by atoms with Crippen molar-refractivity contribution in [2.45, 2.75) is 13.0 Å². The zero-order valence-electron chi connectivity index (χ0n) is 7.21. The van der Waals surface area contributed by atoms with E-state index < -0.39 is 12.1 Å². The van der Waals surface area contributed by atoms with E-state index in [0.717, 1.165) is 0 Å². The number of halogens is 2. The Balaban J connectivity index is 3.31. The van der Waals surface area contributed by atoms with Crippen LogP contribution in [0.5, 0.6) is 0 Å². The SMILES string of the molecule is NCc1cc(C=O)c(N)nc1C(F)F. The number of hydrogen-bond acceptors (Lipinski definition) is 4. The fraction of sp³-hybridized carbons (Fsp3) is 0.250. The van der Waals surface area contributed by atoms with E-state index >= 15 is 0 Å². The molecule has 0 fully saturated rings. The lowest BCUT2D eigenvalue weighted by atomic mass is 10.1. The van der Waals surface area contributed by atoms with Gasteiger partial charge in [0, 0.05) is 6.54 Å². The van der Waals surface area contributed by atoms with Crippen molar-refractivity contribution >= 4 is 12.1 Å². The first-order valence-electron chi connectivity index (χ1n) is 3.82. The molecule has 6 heteroatoms. The smallest absolute Gasteiger partial charge is 0.280 e. The predicted molar refractivity (Wildman–Crippen MR) is 46.9 cm³/mol. The van der Waals surface area contributed by atoms with Gasteiger partial charge in [-0.15, -0.1) is 0 Å². The number of anilines is 1. The summed E-state index contributed by atoms with van der Waals surface area (Å²) in [5, 5.41) is 0. The number of carbonyl (C=O) groups is 1. The quantitative estimate of drug-likeness (QED) is 0.711. The Kier molecular flexibility index (Phi) is 3.08. The molecule has 4 nitrogen and oxygen atoms in total. The van der Waals surface area contributed by atoms with Crippen LogP contribution < -0.4 is 11.5 Å². The minimum atomic E-state index is -2.74. The van der Waals surface area contributed by atoms with Gasteiger partial charge >= 0.3 is 0 Å². The summed E-state index contributed by atoms with van der Waals surface area (Å²) in [6, 6.07) is 1.23. The van der Waals surface area contributed by atoms with Gasteiger partial charge in [0.25, 0.3) is 6.43 Å². The summed E-state index contributed by atoms with van der Waals surface area (Å²) >= 11 is 0.